The standard InChI is InChI=1S/C20H26BrN5O3/c1-5-29-11-15-24-16-17(13-7-6-12(21)10-14(13)23-18(16)22)25(15)8-9-26(19(27)28)20(2,3)4/h6-7,10H,5,8-9,11H2,1-4H3,(H2,22,23)(H,27,28). The molecule has 3 N–H and O–H groups in total. The van der Waals surface area contributed by atoms with Crippen LogP contribution in [-0.2, 0) is 17.9 Å². The molecule has 0 spiro atoms. The molecule has 3 rings (SSSR count). The van der Waals surface area contributed by atoms with E-state index in [1.165, 1.54) is 4.90 Å². The molecule has 0 bridgehead atoms. The van der Waals surface area contributed by atoms with E-state index in [1.54, 1.807) is 0 Å². The molecule has 1 aromatic carbocycles. The van der Waals surface area contributed by atoms with Crippen LogP contribution in [0.4, 0.5) is 10.6 Å². The second kappa shape index (κ2) is 8.16. The number of rotatable bonds is 6. The van der Waals surface area contributed by atoms with Crippen molar-refractivity contribution in [2.24, 2.45) is 0 Å². The summed E-state index contributed by atoms with van der Waals surface area (Å²) in [5.41, 5.74) is 7.89. The molecule has 0 aliphatic carbocycles. The highest BCUT2D eigenvalue weighted by Crippen LogP contribution is 2.31. The largest absolute Gasteiger partial charge is 0.465 e. The van der Waals surface area contributed by atoms with Crippen molar-refractivity contribution in [2.45, 2.75) is 46.4 Å². The minimum absolute atomic E-state index is 0.309. The SMILES string of the molecule is CCOCc1nc2c(N)nc3cc(Br)ccc3c2n1CCN(C(=O)O)C(C)(C)C. The molecule has 0 aliphatic heterocycles. The van der Waals surface area contributed by atoms with Crippen molar-refractivity contribution >= 4 is 49.8 Å². The van der Waals surface area contributed by atoms with E-state index in [4.69, 9.17) is 10.5 Å². The number of nitrogens with zero attached hydrogens (tertiary/aromatic N) is 4. The molecule has 9 heteroatoms. The van der Waals surface area contributed by atoms with Gasteiger partial charge in [-0.1, -0.05) is 15.9 Å². The predicted molar refractivity (Wildman–Crippen MR) is 117 cm³/mol. The third kappa shape index (κ3) is 4.30. The van der Waals surface area contributed by atoms with Crippen molar-refractivity contribution in [3.63, 3.8) is 0 Å². The van der Waals surface area contributed by atoms with Crippen LogP contribution in [0.1, 0.15) is 33.5 Å². The molecule has 3 aromatic rings. The first-order valence-electron chi connectivity index (χ1n) is 9.45. The number of aromatic nitrogens is 3. The lowest BCUT2D eigenvalue weighted by Crippen LogP contribution is -2.46. The highest BCUT2D eigenvalue weighted by molar-refractivity contribution is 9.10. The number of hydrogen-bond donors (Lipinski definition) is 2. The Morgan fingerprint density at radius 2 is 2.07 bits per heavy atom. The van der Waals surface area contributed by atoms with Crippen molar-refractivity contribution in [1.29, 1.82) is 0 Å². The monoisotopic (exact) mass is 463 g/mol. The number of ether oxygens (including phenoxy) is 1. The third-order valence-corrected chi connectivity index (χ3v) is 5.26. The zero-order valence-corrected chi connectivity index (χ0v) is 18.7. The zero-order valence-electron chi connectivity index (χ0n) is 17.1. The molecule has 0 unspecified atom stereocenters. The maximum Gasteiger partial charge on any atom is 0.407 e. The van der Waals surface area contributed by atoms with Crippen molar-refractivity contribution in [3.05, 3.63) is 28.5 Å². The molecular formula is C20H26BrN5O3. The van der Waals surface area contributed by atoms with Gasteiger partial charge in [-0.2, -0.15) is 0 Å². The summed E-state index contributed by atoms with van der Waals surface area (Å²) < 4.78 is 8.51. The van der Waals surface area contributed by atoms with Gasteiger partial charge in [0.1, 0.15) is 17.9 Å². The van der Waals surface area contributed by atoms with Gasteiger partial charge in [-0.3, -0.25) is 0 Å². The van der Waals surface area contributed by atoms with Crippen LogP contribution in [0.2, 0.25) is 0 Å². The minimum atomic E-state index is -0.955. The van der Waals surface area contributed by atoms with Crippen LogP contribution in [0.15, 0.2) is 22.7 Å². The maximum atomic E-state index is 11.8. The summed E-state index contributed by atoms with van der Waals surface area (Å²) in [5, 5.41) is 10.6. The number of nitrogen functional groups attached to an aromatic ring is 1. The molecule has 0 saturated heterocycles. The van der Waals surface area contributed by atoms with Crippen molar-refractivity contribution < 1.29 is 14.6 Å². The van der Waals surface area contributed by atoms with E-state index in [0.717, 1.165) is 20.9 Å². The highest BCUT2D eigenvalue weighted by atomic mass is 79.9. The Morgan fingerprint density at radius 3 is 2.69 bits per heavy atom. The van der Waals surface area contributed by atoms with Gasteiger partial charge in [0.25, 0.3) is 0 Å². The van der Waals surface area contributed by atoms with Gasteiger partial charge < -0.3 is 25.0 Å². The Morgan fingerprint density at radius 1 is 1.34 bits per heavy atom. The number of carbonyl (C=O) groups is 1. The van der Waals surface area contributed by atoms with Crippen LogP contribution < -0.4 is 5.73 Å². The number of fused-ring (bicyclic) bond motifs is 3. The molecule has 8 nitrogen and oxygen atoms in total. The second-order valence-corrected chi connectivity index (χ2v) is 8.69. The number of amides is 1. The van der Waals surface area contributed by atoms with Gasteiger partial charge in [-0.05, 0) is 45.9 Å². The van der Waals surface area contributed by atoms with Gasteiger partial charge in [0.15, 0.2) is 5.82 Å². The highest BCUT2D eigenvalue weighted by Gasteiger charge is 2.27. The molecule has 0 radical (unpaired) electrons. The van der Waals surface area contributed by atoms with E-state index < -0.39 is 11.6 Å². The quantitative estimate of drug-likeness (QED) is 0.565. The van der Waals surface area contributed by atoms with E-state index in [1.807, 2.05) is 50.5 Å². The minimum Gasteiger partial charge on any atom is -0.465 e. The number of anilines is 1. The molecule has 29 heavy (non-hydrogen) atoms. The first-order valence-corrected chi connectivity index (χ1v) is 10.2. The number of pyridine rings is 1. The van der Waals surface area contributed by atoms with Crippen LogP contribution >= 0.6 is 15.9 Å². The van der Waals surface area contributed by atoms with Gasteiger partial charge in [-0.25, -0.2) is 14.8 Å². The lowest BCUT2D eigenvalue weighted by atomic mass is 10.1. The Labute approximate surface area is 177 Å². The van der Waals surface area contributed by atoms with Crippen LogP contribution in [0, 0.1) is 0 Å². The van der Waals surface area contributed by atoms with Crippen molar-refractivity contribution in [1.82, 2.24) is 19.4 Å². The van der Waals surface area contributed by atoms with Crippen LogP contribution in [0.3, 0.4) is 0 Å². The maximum absolute atomic E-state index is 11.8. The van der Waals surface area contributed by atoms with E-state index in [0.29, 0.717) is 43.5 Å². The zero-order chi connectivity index (χ0) is 21.3. The smallest absolute Gasteiger partial charge is 0.407 e. The fourth-order valence-electron chi connectivity index (χ4n) is 3.39. The molecule has 1 amide bonds. The number of imidazole rings is 1. The summed E-state index contributed by atoms with van der Waals surface area (Å²) in [6, 6.07) is 5.82. The molecule has 2 aromatic heterocycles. The summed E-state index contributed by atoms with van der Waals surface area (Å²) in [4.78, 5) is 22.4. The number of carboxylic acid groups (broad SMARTS) is 1. The summed E-state index contributed by atoms with van der Waals surface area (Å²) in [6.45, 7) is 9.15. The second-order valence-electron chi connectivity index (χ2n) is 7.78. The van der Waals surface area contributed by atoms with E-state index in [2.05, 4.69) is 25.9 Å². The number of halogens is 1. The van der Waals surface area contributed by atoms with Gasteiger partial charge in [0.2, 0.25) is 0 Å². The topological polar surface area (TPSA) is 107 Å². The molecule has 0 saturated carbocycles. The summed E-state index contributed by atoms with van der Waals surface area (Å²) in [6.07, 6.45) is -0.955. The summed E-state index contributed by atoms with van der Waals surface area (Å²) >= 11 is 3.47. The van der Waals surface area contributed by atoms with Gasteiger partial charge in [-0.15, -0.1) is 0 Å². The Balaban J connectivity index is 2.16. The number of benzene rings is 1. The Bertz CT molecular complexity index is 1060. The van der Waals surface area contributed by atoms with E-state index in [9.17, 15) is 9.90 Å². The molecule has 0 atom stereocenters. The molecule has 2 heterocycles. The Kier molecular flexibility index (Phi) is 6.00. The molecule has 0 fully saturated rings. The van der Waals surface area contributed by atoms with E-state index in [-0.39, 0.29) is 0 Å². The summed E-state index contributed by atoms with van der Waals surface area (Å²) in [7, 11) is 0. The normalized spacial score (nSPS) is 12.0. The number of nitrogens with two attached hydrogens (primary N) is 1. The first kappa shape index (κ1) is 21.3. The third-order valence-electron chi connectivity index (χ3n) is 4.77. The lowest BCUT2D eigenvalue weighted by molar-refractivity contribution is 0.0963. The van der Waals surface area contributed by atoms with Gasteiger partial charge >= 0.3 is 6.09 Å². The molecular weight excluding hydrogens is 438 g/mol. The van der Waals surface area contributed by atoms with E-state index >= 15 is 0 Å². The fraction of sp³-hybridized carbons (Fsp3) is 0.450. The van der Waals surface area contributed by atoms with Crippen molar-refractivity contribution in [2.75, 3.05) is 18.9 Å². The van der Waals surface area contributed by atoms with Crippen molar-refractivity contribution in [3.8, 4) is 0 Å². The van der Waals surface area contributed by atoms with Crippen LogP contribution in [-0.4, -0.2) is 49.3 Å². The Hall–Kier alpha value is -2.39. The molecule has 0 aliphatic rings. The van der Waals surface area contributed by atoms with Crippen LogP contribution in [0.25, 0.3) is 21.9 Å². The fourth-order valence-corrected chi connectivity index (χ4v) is 3.74. The average molecular weight is 464 g/mol. The molecule has 156 valence electrons. The van der Waals surface area contributed by atoms with Crippen LogP contribution in [0.5, 0.6) is 0 Å². The number of hydrogen-bond acceptors (Lipinski definition) is 5. The van der Waals surface area contributed by atoms with Gasteiger partial charge in [0.05, 0.1) is 11.0 Å². The van der Waals surface area contributed by atoms with Gasteiger partial charge in [0, 0.05) is 35.1 Å². The lowest BCUT2D eigenvalue weighted by Gasteiger charge is -2.33. The summed E-state index contributed by atoms with van der Waals surface area (Å²) in [5.74, 6) is 1.04. The first-order chi connectivity index (χ1) is 13.6. The average Bonchev–Trinajstić information content (AvgIpc) is 2.98. The predicted octanol–water partition coefficient (Wildman–Crippen LogP) is 4.24.